The predicted molar refractivity (Wildman–Crippen MR) is 177 cm³/mol. The lowest BCUT2D eigenvalue weighted by atomic mass is 9.58. The van der Waals surface area contributed by atoms with Crippen LogP contribution in [0.5, 0.6) is 0 Å². The van der Waals surface area contributed by atoms with E-state index < -0.39 is 0 Å². The molecular weight excluding hydrogens is 554 g/mol. The van der Waals surface area contributed by atoms with Crippen molar-refractivity contribution in [3.8, 4) is 5.69 Å². The second-order valence-electron chi connectivity index (χ2n) is 12.0. The van der Waals surface area contributed by atoms with Crippen LogP contribution < -0.4 is 15.3 Å². The van der Waals surface area contributed by atoms with Gasteiger partial charge in [-0.05, 0) is 109 Å². The molecule has 2 N–H and O–H groups in total. The number of tetrazole rings is 1. The molecule has 4 aromatic rings. The van der Waals surface area contributed by atoms with Crippen molar-refractivity contribution < 1.29 is 4.84 Å². The average molecular weight is 596 g/mol. The molecule has 1 saturated carbocycles. The summed E-state index contributed by atoms with van der Waals surface area (Å²) in [4.78, 5) is 10.7. The fourth-order valence-electron chi connectivity index (χ4n) is 6.77. The third-order valence-electron chi connectivity index (χ3n) is 9.07. The zero-order chi connectivity index (χ0) is 29.9. The third-order valence-corrected chi connectivity index (χ3v) is 9.33. The first-order chi connectivity index (χ1) is 20.9. The number of likely N-dealkylation sites (N-methyl/N-ethyl adjacent to an activating group) is 1. The highest BCUT2D eigenvalue weighted by atomic mass is 32.1. The monoisotopic (exact) mass is 595 g/mol. The van der Waals surface area contributed by atoms with Crippen LogP contribution in [0.15, 0.2) is 84.9 Å². The lowest BCUT2D eigenvalue weighted by Gasteiger charge is -2.46. The van der Waals surface area contributed by atoms with E-state index in [-0.39, 0.29) is 6.10 Å². The summed E-state index contributed by atoms with van der Waals surface area (Å²) in [5, 5.41) is 10.4. The van der Waals surface area contributed by atoms with Gasteiger partial charge < -0.3 is 9.80 Å². The van der Waals surface area contributed by atoms with Gasteiger partial charge in [-0.25, -0.2) is 4.68 Å². The molecule has 5 unspecified atom stereocenters. The molecule has 0 amide bonds. The molecule has 224 valence electrons. The van der Waals surface area contributed by atoms with Gasteiger partial charge in [0.25, 0.3) is 0 Å². The first-order valence-corrected chi connectivity index (χ1v) is 15.6. The summed E-state index contributed by atoms with van der Waals surface area (Å²) in [6.07, 6.45) is 8.36. The van der Waals surface area contributed by atoms with E-state index in [1.165, 1.54) is 35.3 Å². The minimum Gasteiger partial charge on any atom is -0.378 e. The second kappa shape index (κ2) is 12.7. The summed E-state index contributed by atoms with van der Waals surface area (Å²) in [5.74, 6) is 2.11. The van der Waals surface area contributed by atoms with Crippen LogP contribution >= 0.6 is 12.2 Å². The molecular formula is C34H41N7OS. The Morgan fingerprint density at radius 1 is 0.930 bits per heavy atom. The average Bonchev–Trinajstić information content (AvgIpc) is 3.49. The van der Waals surface area contributed by atoms with E-state index in [9.17, 15) is 0 Å². The molecule has 0 radical (unpaired) electrons. The normalized spacial score (nSPS) is 21.5. The van der Waals surface area contributed by atoms with Gasteiger partial charge in [0.05, 0.1) is 11.4 Å². The number of benzene rings is 3. The van der Waals surface area contributed by atoms with Gasteiger partial charge in [0.15, 0.2) is 0 Å². The molecule has 0 spiro atoms. The number of aromatic nitrogens is 4. The summed E-state index contributed by atoms with van der Waals surface area (Å²) in [6, 6.07) is 26.1. The van der Waals surface area contributed by atoms with Gasteiger partial charge in [-0.2, -0.15) is 5.21 Å². The molecule has 9 heteroatoms. The topological polar surface area (TPSA) is 74.2 Å². The number of fused-ring (bicyclic) bond motifs is 2. The van der Waals surface area contributed by atoms with Gasteiger partial charge >= 0.3 is 0 Å². The Balaban J connectivity index is 1.17. The maximum absolute atomic E-state index is 6.18. The molecule has 5 atom stereocenters. The van der Waals surface area contributed by atoms with Gasteiger partial charge in [0.2, 0.25) is 4.77 Å². The summed E-state index contributed by atoms with van der Waals surface area (Å²) in [7, 11) is 6.40. The Bertz CT molecular complexity index is 1630. The molecule has 3 aromatic carbocycles. The highest BCUT2D eigenvalue weighted by Gasteiger charge is 2.42. The number of rotatable bonds is 11. The molecule has 0 aliphatic heterocycles. The van der Waals surface area contributed by atoms with E-state index in [0.717, 1.165) is 24.3 Å². The first-order valence-electron chi connectivity index (χ1n) is 15.2. The van der Waals surface area contributed by atoms with Gasteiger partial charge in [0, 0.05) is 39.1 Å². The standard InChI is InChI=1S/C34H41N7OS/c1-5-31(42-36-27-11-8-14-30(21-27)41-34(43)35-37-38-41)22-40(4)29-13-7-10-26(20-29)33-24-17-15-23(16-18-24)32(33)25-9-6-12-28(19-25)39(2)3/h6-15,17,19-21,23-24,31-33,36H,5,16,18,22H2,1-4H3,(H,35,38,43). The van der Waals surface area contributed by atoms with E-state index in [4.69, 9.17) is 17.1 Å². The number of allylic oxidation sites excluding steroid dienone is 2. The minimum atomic E-state index is -0.0107. The molecule has 0 saturated heterocycles. The van der Waals surface area contributed by atoms with E-state index in [1.807, 2.05) is 24.3 Å². The van der Waals surface area contributed by atoms with Crippen LogP contribution in [0.25, 0.3) is 5.69 Å². The molecule has 43 heavy (non-hydrogen) atoms. The fraction of sp³-hybridized carbons (Fsp3) is 0.382. The van der Waals surface area contributed by atoms with Crippen molar-refractivity contribution >= 4 is 29.3 Å². The van der Waals surface area contributed by atoms with Crippen LogP contribution in [-0.4, -0.2) is 54.0 Å². The minimum absolute atomic E-state index is 0.0107. The fourth-order valence-corrected chi connectivity index (χ4v) is 6.96. The Morgan fingerprint density at radius 3 is 2.19 bits per heavy atom. The van der Waals surface area contributed by atoms with Crippen molar-refractivity contribution in [3.05, 3.63) is 101 Å². The molecule has 7 rings (SSSR count). The summed E-state index contributed by atoms with van der Waals surface area (Å²) < 4.78 is 2.02. The maximum atomic E-state index is 6.18. The van der Waals surface area contributed by atoms with Crippen molar-refractivity contribution in [1.82, 2.24) is 20.2 Å². The van der Waals surface area contributed by atoms with Crippen LogP contribution in [0.4, 0.5) is 17.1 Å². The number of anilines is 3. The van der Waals surface area contributed by atoms with E-state index in [2.05, 4.69) is 120 Å². The number of hydrogen-bond acceptors (Lipinski definition) is 7. The van der Waals surface area contributed by atoms with Crippen molar-refractivity contribution in [1.29, 1.82) is 0 Å². The lowest BCUT2D eigenvalue weighted by molar-refractivity contribution is 0.102. The maximum Gasteiger partial charge on any atom is 0.242 e. The lowest BCUT2D eigenvalue weighted by Crippen LogP contribution is -2.34. The van der Waals surface area contributed by atoms with Crippen LogP contribution in [0.2, 0.25) is 0 Å². The molecule has 3 aliphatic carbocycles. The quantitative estimate of drug-likeness (QED) is 0.109. The van der Waals surface area contributed by atoms with Crippen molar-refractivity contribution in [2.75, 3.05) is 43.0 Å². The Hall–Kier alpha value is -3.95. The summed E-state index contributed by atoms with van der Waals surface area (Å²) in [6.45, 7) is 2.91. The zero-order valence-corrected chi connectivity index (χ0v) is 26.2. The molecule has 3 aliphatic rings. The number of H-pyrrole nitrogens is 1. The summed E-state index contributed by atoms with van der Waals surface area (Å²) >= 11 is 5.24. The zero-order valence-electron chi connectivity index (χ0n) is 25.4. The first kappa shape index (κ1) is 29.1. The highest BCUT2D eigenvalue weighted by Crippen LogP contribution is 2.55. The Kier molecular flexibility index (Phi) is 8.63. The van der Waals surface area contributed by atoms with E-state index in [0.29, 0.717) is 28.4 Å². The largest absolute Gasteiger partial charge is 0.378 e. The Morgan fingerprint density at radius 2 is 1.58 bits per heavy atom. The summed E-state index contributed by atoms with van der Waals surface area (Å²) in [5.41, 5.74) is 10.2. The molecule has 8 nitrogen and oxygen atoms in total. The van der Waals surface area contributed by atoms with E-state index >= 15 is 0 Å². The molecule has 1 heterocycles. The Labute approximate surface area is 259 Å². The highest BCUT2D eigenvalue weighted by molar-refractivity contribution is 7.71. The number of aromatic amines is 1. The molecule has 1 fully saturated rings. The van der Waals surface area contributed by atoms with Crippen molar-refractivity contribution in [3.63, 3.8) is 0 Å². The number of hydrogen-bond donors (Lipinski definition) is 2. The molecule has 1 aromatic heterocycles. The van der Waals surface area contributed by atoms with Gasteiger partial charge in [-0.15, -0.1) is 0 Å². The second-order valence-corrected chi connectivity index (χ2v) is 12.4. The predicted octanol–water partition coefficient (Wildman–Crippen LogP) is 7.11. The SMILES string of the molecule is CCC(CN(C)c1cccc(C2C3C=CC(CC3)C2c2cccc(N(C)C)c2)c1)ONc1cccc(-n2[nH]nnc2=S)c1. The van der Waals surface area contributed by atoms with Crippen LogP contribution in [0.1, 0.15) is 49.1 Å². The van der Waals surface area contributed by atoms with Crippen LogP contribution in [0, 0.1) is 16.6 Å². The van der Waals surface area contributed by atoms with Crippen LogP contribution in [-0.2, 0) is 4.84 Å². The molecule has 2 bridgehead atoms. The smallest absolute Gasteiger partial charge is 0.242 e. The van der Waals surface area contributed by atoms with Gasteiger partial charge in [-0.3, -0.25) is 10.3 Å². The number of nitrogens with zero attached hydrogens (tertiary/aromatic N) is 5. The van der Waals surface area contributed by atoms with Gasteiger partial charge in [-0.1, -0.05) is 59.7 Å². The van der Waals surface area contributed by atoms with Gasteiger partial charge in [0.1, 0.15) is 6.10 Å². The van der Waals surface area contributed by atoms with E-state index in [1.54, 1.807) is 4.68 Å². The van der Waals surface area contributed by atoms with Crippen LogP contribution in [0.3, 0.4) is 0 Å². The van der Waals surface area contributed by atoms with Crippen molar-refractivity contribution in [2.24, 2.45) is 11.8 Å². The van der Waals surface area contributed by atoms with Crippen molar-refractivity contribution in [2.45, 2.75) is 44.1 Å². The number of nitrogens with one attached hydrogen (secondary N) is 2. The third kappa shape index (κ3) is 6.24.